The monoisotopic (exact) mass is 311 g/mol. The molecule has 2 rings (SSSR count). The molecule has 1 spiro atoms. The SMILES string of the molecule is COCCN(C)CC(=O)N1CCC2(CC1)CC(=O)NC(=O)C2. The molecule has 0 aromatic heterocycles. The molecule has 0 saturated carbocycles. The second-order valence-corrected chi connectivity index (χ2v) is 6.44. The normalized spacial score (nSPS) is 21.3. The molecule has 124 valence electrons. The lowest BCUT2D eigenvalue weighted by atomic mass is 9.71. The van der Waals surface area contributed by atoms with Crippen LogP contribution in [-0.4, -0.2) is 74.5 Å². The summed E-state index contributed by atoms with van der Waals surface area (Å²) in [5, 5.41) is 2.35. The van der Waals surface area contributed by atoms with E-state index in [1.54, 1.807) is 7.11 Å². The van der Waals surface area contributed by atoms with Gasteiger partial charge in [-0.1, -0.05) is 0 Å². The Morgan fingerprint density at radius 3 is 2.41 bits per heavy atom. The molecule has 3 amide bonds. The zero-order valence-electron chi connectivity index (χ0n) is 13.4. The van der Waals surface area contributed by atoms with Gasteiger partial charge in [0.05, 0.1) is 13.2 Å². The molecule has 22 heavy (non-hydrogen) atoms. The number of amides is 3. The number of methoxy groups -OCH3 is 1. The highest BCUT2D eigenvalue weighted by Crippen LogP contribution is 2.40. The largest absolute Gasteiger partial charge is 0.383 e. The van der Waals surface area contributed by atoms with Crippen molar-refractivity contribution in [2.75, 3.05) is 46.9 Å². The van der Waals surface area contributed by atoms with Gasteiger partial charge in [-0.25, -0.2) is 0 Å². The Morgan fingerprint density at radius 2 is 1.86 bits per heavy atom. The van der Waals surface area contributed by atoms with E-state index >= 15 is 0 Å². The van der Waals surface area contributed by atoms with Gasteiger partial charge in [0.1, 0.15) is 0 Å². The quantitative estimate of drug-likeness (QED) is 0.700. The van der Waals surface area contributed by atoms with Gasteiger partial charge in [0.15, 0.2) is 0 Å². The minimum atomic E-state index is -0.238. The van der Waals surface area contributed by atoms with Crippen molar-refractivity contribution in [3.63, 3.8) is 0 Å². The first-order valence-corrected chi connectivity index (χ1v) is 7.72. The van der Waals surface area contributed by atoms with Crippen molar-refractivity contribution in [1.29, 1.82) is 0 Å². The summed E-state index contributed by atoms with van der Waals surface area (Å²) in [5.74, 6) is -0.273. The molecule has 7 heteroatoms. The second kappa shape index (κ2) is 7.19. The highest BCUT2D eigenvalue weighted by molar-refractivity contribution is 5.98. The summed E-state index contributed by atoms with van der Waals surface area (Å²) in [6.07, 6.45) is 2.24. The Bertz CT molecular complexity index is 426. The van der Waals surface area contributed by atoms with E-state index < -0.39 is 0 Å². The summed E-state index contributed by atoms with van der Waals surface area (Å²) >= 11 is 0. The number of rotatable bonds is 5. The zero-order chi connectivity index (χ0) is 16.2. The predicted octanol–water partition coefficient (Wildman–Crippen LogP) is -0.390. The summed E-state index contributed by atoms with van der Waals surface area (Å²) in [5.41, 5.74) is -0.238. The van der Waals surface area contributed by atoms with Crippen LogP contribution in [0, 0.1) is 5.41 Å². The number of nitrogens with one attached hydrogen (secondary N) is 1. The number of imide groups is 1. The van der Waals surface area contributed by atoms with Gasteiger partial charge in [0, 0.05) is 39.6 Å². The Balaban J connectivity index is 1.82. The number of nitrogens with zero attached hydrogens (tertiary/aromatic N) is 2. The lowest BCUT2D eigenvalue weighted by Crippen LogP contribution is -2.52. The summed E-state index contributed by atoms with van der Waals surface area (Å²) in [4.78, 5) is 39.2. The average molecular weight is 311 g/mol. The summed E-state index contributed by atoms with van der Waals surface area (Å²) in [6.45, 7) is 2.93. The molecule has 0 aliphatic carbocycles. The van der Waals surface area contributed by atoms with Crippen LogP contribution in [0.1, 0.15) is 25.7 Å². The topological polar surface area (TPSA) is 79.0 Å². The molecule has 0 radical (unpaired) electrons. The first-order chi connectivity index (χ1) is 10.4. The number of piperidine rings is 2. The predicted molar refractivity (Wildman–Crippen MR) is 80.0 cm³/mol. The number of carbonyl (C=O) groups is 3. The van der Waals surface area contributed by atoms with E-state index in [9.17, 15) is 14.4 Å². The van der Waals surface area contributed by atoms with Crippen LogP contribution in [0.4, 0.5) is 0 Å². The lowest BCUT2D eigenvalue weighted by Gasteiger charge is -2.43. The van der Waals surface area contributed by atoms with Crippen molar-refractivity contribution in [1.82, 2.24) is 15.1 Å². The fraction of sp³-hybridized carbons (Fsp3) is 0.800. The molecule has 7 nitrogen and oxygen atoms in total. The van der Waals surface area contributed by atoms with Gasteiger partial charge in [-0.15, -0.1) is 0 Å². The Hall–Kier alpha value is -1.47. The van der Waals surface area contributed by atoms with Gasteiger partial charge in [0.25, 0.3) is 0 Å². The van der Waals surface area contributed by atoms with Gasteiger partial charge in [-0.2, -0.15) is 0 Å². The number of hydrogen-bond donors (Lipinski definition) is 1. The van der Waals surface area contributed by atoms with Crippen LogP contribution in [0.25, 0.3) is 0 Å². The highest BCUT2D eigenvalue weighted by Gasteiger charge is 2.42. The van der Waals surface area contributed by atoms with Crippen LogP contribution in [0.3, 0.4) is 0 Å². The van der Waals surface area contributed by atoms with Crippen LogP contribution in [0.2, 0.25) is 0 Å². The highest BCUT2D eigenvalue weighted by atomic mass is 16.5. The molecule has 2 fully saturated rings. The average Bonchev–Trinajstić information content (AvgIpc) is 2.44. The van der Waals surface area contributed by atoms with E-state index in [4.69, 9.17) is 4.74 Å². The standard InChI is InChI=1S/C15H25N3O4/c1-17(7-8-22-2)11-14(21)18-5-3-15(4-6-18)9-12(19)16-13(20)10-15/h3-11H2,1-2H3,(H,16,19,20). The number of hydrogen-bond acceptors (Lipinski definition) is 5. The molecule has 2 aliphatic rings. The first-order valence-electron chi connectivity index (χ1n) is 7.72. The third-order valence-corrected chi connectivity index (χ3v) is 4.61. The smallest absolute Gasteiger partial charge is 0.236 e. The van der Waals surface area contributed by atoms with Gasteiger partial charge in [-0.3, -0.25) is 24.6 Å². The van der Waals surface area contributed by atoms with Crippen molar-refractivity contribution in [2.45, 2.75) is 25.7 Å². The van der Waals surface area contributed by atoms with E-state index in [2.05, 4.69) is 5.32 Å². The van der Waals surface area contributed by atoms with E-state index in [-0.39, 0.29) is 23.1 Å². The molecular weight excluding hydrogens is 286 g/mol. The van der Waals surface area contributed by atoms with E-state index in [1.807, 2.05) is 16.8 Å². The summed E-state index contributed by atoms with van der Waals surface area (Å²) in [6, 6.07) is 0. The fourth-order valence-corrected chi connectivity index (χ4v) is 3.23. The maximum atomic E-state index is 12.3. The molecule has 0 aromatic carbocycles. The Kier molecular flexibility index (Phi) is 5.52. The lowest BCUT2D eigenvalue weighted by molar-refractivity contribution is -0.141. The van der Waals surface area contributed by atoms with Gasteiger partial charge >= 0.3 is 0 Å². The summed E-state index contributed by atoms with van der Waals surface area (Å²) < 4.78 is 5.00. The molecular formula is C15H25N3O4. The van der Waals surface area contributed by atoms with E-state index in [0.29, 0.717) is 45.6 Å². The van der Waals surface area contributed by atoms with Gasteiger partial charge in [0.2, 0.25) is 17.7 Å². The van der Waals surface area contributed by atoms with Crippen LogP contribution in [0.5, 0.6) is 0 Å². The van der Waals surface area contributed by atoms with E-state index in [0.717, 1.165) is 12.8 Å². The molecule has 0 unspecified atom stereocenters. The molecule has 2 saturated heterocycles. The molecule has 0 atom stereocenters. The van der Waals surface area contributed by atoms with Crippen molar-refractivity contribution in [2.24, 2.45) is 5.41 Å². The molecule has 0 bridgehead atoms. The second-order valence-electron chi connectivity index (χ2n) is 6.44. The molecule has 1 N–H and O–H groups in total. The Morgan fingerprint density at radius 1 is 1.27 bits per heavy atom. The van der Waals surface area contributed by atoms with E-state index in [1.165, 1.54) is 0 Å². The van der Waals surface area contributed by atoms with Crippen LogP contribution in [0.15, 0.2) is 0 Å². The maximum Gasteiger partial charge on any atom is 0.236 e. The Labute approximate surface area is 131 Å². The third kappa shape index (κ3) is 4.27. The van der Waals surface area contributed by atoms with Crippen LogP contribution in [-0.2, 0) is 19.1 Å². The van der Waals surface area contributed by atoms with Gasteiger partial charge < -0.3 is 9.64 Å². The number of likely N-dealkylation sites (N-methyl/N-ethyl adjacent to an activating group) is 1. The number of carbonyl (C=O) groups excluding carboxylic acids is 3. The summed E-state index contributed by atoms with van der Waals surface area (Å²) in [7, 11) is 3.54. The van der Waals surface area contributed by atoms with Crippen molar-refractivity contribution in [3.05, 3.63) is 0 Å². The third-order valence-electron chi connectivity index (χ3n) is 4.61. The zero-order valence-corrected chi connectivity index (χ0v) is 13.4. The van der Waals surface area contributed by atoms with Crippen molar-refractivity contribution >= 4 is 17.7 Å². The molecule has 2 aliphatic heterocycles. The maximum absolute atomic E-state index is 12.3. The molecule has 0 aromatic rings. The van der Waals surface area contributed by atoms with Crippen LogP contribution >= 0.6 is 0 Å². The number of ether oxygens (including phenoxy) is 1. The molecule has 2 heterocycles. The van der Waals surface area contributed by atoms with Crippen molar-refractivity contribution in [3.8, 4) is 0 Å². The minimum absolute atomic E-state index is 0.0973. The van der Waals surface area contributed by atoms with Gasteiger partial charge in [-0.05, 0) is 25.3 Å². The number of likely N-dealkylation sites (tertiary alicyclic amines) is 1. The fourth-order valence-electron chi connectivity index (χ4n) is 3.23. The van der Waals surface area contributed by atoms with Crippen LogP contribution < -0.4 is 5.32 Å². The minimum Gasteiger partial charge on any atom is -0.383 e. The van der Waals surface area contributed by atoms with Crippen molar-refractivity contribution < 1.29 is 19.1 Å². The first kappa shape index (κ1) is 16.9.